The Labute approximate surface area is 186 Å². The zero-order chi connectivity index (χ0) is 21.9. The van der Waals surface area contributed by atoms with E-state index in [1.165, 1.54) is 16.6 Å². The van der Waals surface area contributed by atoms with Crippen LogP contribution in [0.2, 0.25) is 0 Å². The number of fused-ring (bicyclic) bond motifs is 1. The Hall–Kier alpha value is -4.05. The standard InChI is InChI=1S/C25H22N6O/c26-15-22-27-17-30(28-22)16-23(32)31-25(19-10-5-2-6-11-19)21-13-7-12-20(24(21)29-31)14-18-8-3-1-4-9-18/h1-6,8-11,14,17,21,25H,7,12-13,16H2/b20-14+. The predicted octanol–water partition coefficient (Wildman–Crippen LogP) is 3.97. The zero-order valence-electron chi connectivity index (χ0n) is 17.5. The first kappa shape index (κ1) is 19.9. The minimum atomic E-state index is -0.172. The number of hydrogen-bond acceptors (Lipinski definition) is 5. The lowest BCUT2D eigenvalue weighted by atomic mass is 9.77. The number of carbonyl (C=O) groups is 1. The third-order valence-corrected chi connectivity index (χ3v) is 5.97. The highest BCUT2D eigenvalue weighted by atomic mass is 16.2. The molecule has 5 rings (SSSR count). The monoisotopic (exact) mass is 422 g/mol. The molecule has 32 heavy (non-hydrogen) atoms. The molecule has 1 aliphatic heterocycles. The Bertz CT molecular complexity index is 1220. The lowest BCUT2D eigenvalue weighted by molar-refractivity contribution is -0.134. The van der Waals surface area contributed by atoms with Crippen LogP contribution in [-0.2, 0) is 11.3 Å². The van der Waals surface area contributed by atoms with Crippen molar-refractivity contribution in [1.29, 1.82) is 5.26 Å². The maximum absolute atomic E-state index is 13.3. The van der Waals surface area contributed by atoms with Gasteiger partial charge in [0.15, 0.2) is 0 Å². The van der Waals surface area contributed by atoms with Gasteiger partial charge in [0.2, 0.25) is 0 Å². The maximum atomic E-state index is 13.3. The molecule has 2 unspecified atom stereocenters. The van der Waals surface area contributed by atoms with Crippen molar-refractivity contribution < 1.29 is 4.79 Å². The molecule has 0 radical (unpaired) electrons. The van der Waals surface area contributed by atoms with Gasteiger partial charge in [-0.25, -0.2) is 14.7 Å². The molecule has 1 aliphatic carbocycles. The lowest BCUT2D eigenvalue weighted by Crippen LogP contribution is -2.34. The fourth-order valence-electron chi connectivity index (χ4n) is 4.57. The van der Waals surface area contributed by atoms with Crippen LogP contribution in [0.4, 0.5) is 0 Å². The Morgan fingerprint density at radius 3 is 2.59 bits per heavy atom. The van der Waals surface area contributed by atoms with E-state index < -0.39 is 0 Å². The topological polar surface area (TPSA) is 87.2 Å². The molecular formula is C25H22N6O. The molecule has 0 spiro atoms. The molecule has 2 aliphatic rings. The van der Waals surface area contributed by atoms with E-state index in [0.717, 1.165) is 36.1 Å². The number of nitriles is 1. The van der Waals surface area contributed by atoms with Crippen LogP contribution in [0.3, 0.4) is 0 Å². The minimum Gasteiger partial charge on any atom is -0.271 e. The van der Waals surface area contributed by atoms with Crippen LogP contribution in [0, 0.1) is 17.2 Å². The quantitative estimate of drug-likeness (QED) is 0.636. The van der Waals surface area contributed by atoms with Crippen molar-refractivity contribution in [3.05, 3.63) is 89.5 Å². The number of carbonyl (C=O) groups excluding carboxylic acids is 1. The smallest absolute Gasteiger partial charge is 0.265 e. The summed E-state index contributed by atoms with van der Waals surface area (Å²) < 4.78 is 1.39. The van der Waals surface area contributed by atoms with Crippen molar-refractivity contribution in [2.45, 2.75) is 31.8 Å². The largest absolute Gasteiger partial charge is 0.271 e. The number of rotatable bonds is 4. The van der Waals surface area contributed by atoms with Crippen LogP contribution in [0.15, 0.2) is 77.7 Å². The molecule has 1 saturated carbocycles. The summed E-state index contributed by atoms with van der Waals surface area (Å²) in [6.07, 6.45) is 6.59. The molecule has 1 amide bonds. The fraction of sp³-hybridized carbons (Fsp3) is 0.240. The van der Waals surface area contributed by atoms with E-state index in [1.807, 2.05) is 42.5 Å². The van der Waals surface area contributed by atoms with E-state index in [2.05, 4.69) is 40.4 Å². The summed E-state index contributed by atoms with van der Waals surface area (Å²) >= 11 is 0. The lowest BCUT2D eigenvalue weighted by Gasteiger charge is -2.29. The average molecular weight is 422 g/mol. The summed E-state index contributed by atoms with van der Waals surface area (Å²) in [6.45, 7) is -0.0146. The first-order chi connectivity index (χ1) is 15.7. The Kier molecular flexibility index (Phi) is 5.34. The van der Waals surface area contributed by atoms with Crippen molar-refractivity contribution in [3.8, 4) is 6.07 Å². The molecule has 7 heteroatoms. The third kappa shape index (κ3) is 3.83. The summed E-state index contributed by atoms with van der Waals surface area (Å²) in [5.41, 5.74) is 4.40. The first-order valence-corrected chi connectivity index (χ1v) is 10.7. The summed E-state index contributed by atoms with van der Waals surface area (Å²) in [5, 5.41) is 19.5. The van der Waals surface area contributed by atoms with Gasteiger partial charge in [-0.05, 0) is 42.0 Å². The molecule has 0 bridgehead atoms. The molecule has 2 atom stereocenters. The van der Waals surface area contributed by atoms with Crippen LogP contribution < -0.4 is 0 Å². The van der Waals surface area contributed by atoms with Gasteiger partial charge in [-0.1, -0.05) is 60.7 Å². The number of allylic oxidation sites excluding steroid dienone is 1. The van der Waals surface area contributed by atoms with Gasteiger partial charge in [0, 0.05) is 5.92 Å². The highest BCUT2D eigenvalue weighted by Crippen LogP contribution is 2.44. The van der Waals surface area contributed by atoms with E-state index in [1.54, 1.807) is 5.01 Å². The molecular weight excluding hydrogens is 400 g/mol. The van der Waals surface area contributed by atoms with Crippen LogP contribution in [-0.4, -0.2) is 31.4 Å². The van der Waals surface area contributed by atoms with Gasteiger partial charge in [0.05, 0.1) is 11.8 Å². The minimum absolute atomic E-state index is 0.0146. The first-order valence-electron chi connectivity index (χ1n) is 10.7. The van der Waals surface area contributed by atoms with Gasteiger partial charge in [0.1, 0.15) is 18.9 Å². The van der Waals surface area contributed by atoms with Crippen molar-refractivity contribution in [2.75, 3.05) is 0 Å². The summed E-state index contributed by atoms with van der Waals surface area (Å²) in [5.74, 6) is 0.0246. The summed E-state index contributed by atoms with van der Waals surface area (Å²) in [6, 6.07) is 22.1. The normalized spacial score (nSPS) is 21.2. The summed E-state index contributed by atoms with van der Waals surface area (Å²) in [4.78, 5) is 17.2. The molecule has 158 valence electrons. The van der Waals surface area contributed by atoms with Crippen molar-refractivity contribution in [2.24, 2.45) is 11.0 Å². The second kappa shape index (κ2) is 8.60. The molecule has 3 aromatic rings. The van der Waals surface area contributed by atoms with Crippen LogP contribution in [0.25, 0.3) is 6.08 Å². The van der Waals surface area contributed by atoms with Crippen LogP contribution in [0.5, 0.6) is 0 Å². The van der Waals surface area contributed by atoms with Gasteiger partial charge >= 0.3 is 0 Å². The van der Waals surface area contributed by atoms with E-state index in [0.29, 0.717) is 0 Å². The van der Waals surface area contributed by atoms with E-state index in [4.69, 9.17) is 10.4 Å². The zero-order valence-corrected chi connectivity index (χ0v) is 17.5. The number of nitrogens with zero attached hydrogens (tertiary/aromatic N) is 6. The molecule has 0 N–H and O–H groups in total. The Morgan fingerprint density at radius 2 is 1.88 bits per heavy atom. The molecule has 7 nitrogen and oxygen atoms in total. The number of aromatic nitrogens is 3. The molecule has 0 saturated heterocycles. The Balaban J connectivity index is 1.51. The molecule has 1 fully saturated rings. The number of hydrazone groups is 1. The second-order valence-electron chi connectivity index (χ2n) is 8.04. The van der Waals surface area contributed by atoms with Gasteiger partial charge in [-0.15, -0.1) is 5.10 Å². The molecule has 2 heterocycles. The molecule has 1 aromatic heterocycles. The van der Waals surface area contributed by atoms with E-state index in [-0.39, 0.29) is 30.2 Å². The van der Waals surface area contributed by atoms with Crippen LogP contribution >= 0.6 is 0 Å². The second-order valence-corrected chi connectivity index (χ2v) is 8.04. The van der Waals surface area contributed by atoms with Gasteiger partial charge in [-0.3, -0.25) is 4.79 Å². The van der Waals surface area contributed by atoms with Crippen molar-refractivity contribution >= 4 is 17.7 Å². The fourth-order valence-corrected chi connectivity index (χ4v) is 4.57. The number of hydrogen-bond donors (Lipinski definition) is 0. The van der Waals surface area contributed by atoms with E-state index in [9.17, 15) is 4.79 Å². The van der Waals surface area contributed by atoms with Gasteiger partial charge in [-0.2, -0.15) is 10.4 Å². The van der Waals surface area contributed by atoms with Gasteiger partial charge in [0.25, 0.3) is 11.7 Å². The molecule has 2 aromatic carbocycles. The van der Waals surface area contributed by atoms with Gasteiger partial charge < -0.3 is 0 Å². The highest BCUT2D eigenvalue weighted by molar-refractivity contribution is 6.08. The number of amides is 1. The third-order valence-electron chi connectivity index (χ3n) is 5.97. The predicted molar refractivity (Wildman–Crippen MR) is 120 cm³/mol. The summed E-state index contributed by atoms with van der Waals surface area (Å²) in [7, 11) is 0. The maximum Gasteiger partial charge on any atom is 0.265 e. The number of benzene rings is 2. The SMILES string of the molecule is N#Cc1ncn(CC(=O)N2N=C3/C(=C/c4ccccc4)CCCC3C2c2ccccc2)n1. The van der Waals surface area contributed by atoms with Crippen molar-refractivity contribution in [3.63, 3.8) is 0 Å². The van der Waals surface area contributed by atoms with Crippen LogP contribution in [0.1, 0.15) is 42.3 Å². The highest BCUT2D eigenvalue weighted by Gasteiger charge is 2.43. The average Bonchev–Trinajstić information content (AvgIpc) is 3.45. The Morgan fingerprint density at radius 1 is 1.12 bits per heavy atom. The van der Waals surface area contributed by atoms with E-state index >= 15 is 0 Å². The van der Waals surface area contributed by atoms with Crippen molar-refractivity contribution in [1.82, 2.24) is 19.8 Å².